The molecule has 1 N–H and O–H groups in total. The number of amides is 1. The first kappa shape index (κ1) is 15.3. The van der Waals surface area contributed by atoms with Crippen LogP contribution in [-0.2, 0) is 9.47 Å². The number of aromatic nitrogens is 2. The van der Waals surface area contributed by atoms with Crippen molar-refractivity contribution in [1.29, 1.82) is 0 Å². The molecule has 0 unspecified atom stereocenters. The number of carbonyl (C=O) groups excluding carboxylic acids is 2. The molecule has 19 heavy (non-hydrogen) atoms. The summed E-state index contributed by atoms with van der Waals surface area (Å²) in [6.45, 7) is 7.02. The summed E-state index contributed by atoms with van der Waals surface area (Å²) in [6, 6.07) is 0. The number of rotatable bonds is 3. The van der Waals surface area contributed by atoms with E-state index in [2.05, 4.69) is 10.4 Å². The summed E-state index contributed by atoms with van der Waals surface area (Å²) in [4.78, 5) is 26.9. The summed E-state index contributed by atoms with van der Waals surface area (Å²) in [7, 11) is 0. The Balaban J connectivity index is 2.83. The van der Waals surface area contributed by atoms with Crippen molar-refractivity contribution >= 4 is 23.7 Å². The number of esters is 1. The second-order valence-electron chi connectivity index (χ2n) is 4.59. The number of halogens is 1. The van der Waals surface area contributed by atoms with Gasteiger partial charge in [-0.2, -0.15) is 0 Å². The van der Waals surface area contributed by atoms with Crippen LogP contribution in [0.15, 0.2) is 6.20 Å². The van der Waals surface area contributed by atoms with Crippen LogP contribution >= 0.6 is 11.6 Å². The molecule has 0 aliphatic rings. The van der Waals surface area contributed by atoms with E-state index >= 15 is 0 Å². The van der Waals surface area contributed by atoms with Crippen LogP contribution in [0.5, 0.6) is 0 Å². The van der Waals surface area contributed by atoms with E-state index in [4.69, 9.17) is 21.1 Å². The van der Waals surface area contributed by atoms with E-state index in [1.54, 1.807) is 27.7 Å². The Labute approximate surface area is 115 Å². The normalized spacial score (nSPS) is 11.0. The van der Waals surface area contributed by atoms with Crippen LogP contribution in [0, 0.1) is 0 Å². The van der Waals surface area contributed by atoms with Gasteiger partial charge in [0, 0.05) is 0 Å². The molecule has 0 saturated carbocycles. The van der Waals surface area contributed by atoms with Gasteiger partial charge in [-0.3, -0.25) is 0 Å². The van der Waals surface area contributed by atoms with E-state index in [0.717, 1.165) is 4.68 Å². The minimum absolute atomic E-state index is 0.0547. The lowest BCUT2D eigenvalue weighted by molar-refractivity contribution is 0.0505. The quantitative estimate of drug-likeness (QED) is 0.863. The molecule has 1 amide bonds. The molecule has 0 spiro atoms. The molecular formula is C11H16ClN3O4. The van der Waals surface area contributed by atoms with E-state index in [9.17, 15) is 9.59 Å². The number of imidazole rings is 1. The van der Waals surface area contributed by atoms with Gasteiger partial charge < -0.3 is 9.47 Å². The van der Waals surface area contributed by atoms with E-state index in [1.165, 1.54) is 6.20 Å². The molecule has 1 rings (SSSR count). The summed E-state index contributed by atoms with van der Waals surface area (Å²) in [5, 5.41) is 0.0547. The number of carbonyl (C=O) groups is 2. The molecule has 1 heterocycles. The van der Waals surface area contributed by atoms with Crippen molar-refractivity contribution in [3.8, 4) is 0 Å². The van der Waals surface area contributed by atoms with E-state index in [0.29, 0.717) is 0 Å². The number of nitrogens with zero attached hydrogens (tertiary/aromatic N) is 2. The largest absolute Gasteiger partial charge is 0.460 e. The highest BCUT2D eigenvalue weighted by molar-refractivity contribution is 6.29. The van der Waals surface area contributed by atoms with Crippen molar-refractivity contribution in [3.63, 3.8) is 0 Å². The predicted molar refractivity (Wildman–Crippen MR) is 68.8 cm³/mol. The molecular weight excluding hydrogens is 274 g/mol. The maximum Gasteiger partial charge on any atom is 0.427 e. The lowest BCUT2D eigenvalue weighted by Crippen LogP contribution is -2.33. The lowest BCUT2D eigenvalue weighted by Gasteiger charge is -2.20. The SMILES string of the molecule is CCOC(=O)c1nc(Cl)cn1NC(=O)OC(C)(C)C. The third kappa shape index (κ3) is 4.78. The van der Waals surface area contributed by atoms with Gasteiger partial charge in [0.05, 0.1) is 12.8 Å². The molecule has 106 valence electrons. The zero-order valence-corrected chi connectivity index (χ0v) is 11.9. The number of hydrogen-bond donors (Lipinski definition) is 1. The molecule has 0 bridgehead atoms. The molecule has 0 aromatic carbocycles. The maximum atomic E-state index is 11.6. The van der Waals surface area contributed by atoms with E-state index in [1.807, 2.05) is 0 Å². The number of nitrogens with one attached hydrogen (secondary N) is 1. The smallest absolute Gasteiger partial charge is 0.427 e. The van der Waals surface area contributed by atoms with Gasteiger partial charge >= 0.3 is 12.1 Å². The molecule has 0 aliphatic carbocycles. The fraction of sp³-hybridized carbons (Fsp3) is 0.545. The average molecular weight is 290 g/mol. The second kappa shape index (κ2) is 5.92. The van der Waals surface area contributed by atoms with Crippen molar-refractivity contribution in [3.05, 3.63) is 17.2 Å². The van der Waals surface area contributed by atoms with Crippen molar-refractivity contribution in [2.45, 2.75) is 33.3 Å². The zero-order valence-electron chi connectivity index (χ0n) is 11.2. The number of ether oxygens (including phenoxy) is 2. The minimum atomic E-state index is -0.730. The van der Waals surface area contributed by atoms with Crippen molar-refractivity contribution in [2.24, 2.45) is 0 Å². The van der Waals surface area contributed by atoms with Gasteiger partial charge in [-0.05, 0) is 27.7 Å². The Kier molecular flexibility index (Phi) is 4.77. The van der Waals surface area contributed by atoms with Gasteiger partial charge in [-0.1, -0.05) is 11.6 Å². The molecule has 1 aromatic heterocycles. The summed E-state index contributed by atoms with van der Waals surface area (Å²) in [5.41, 5.74) is 1.68. The summed E-state index contributed by atoms with van der Waals surface area (Å²) < 4.78 is 10.9. The standard InChI is InChI=1S/C11H16ClN3O4/c1-5-18-9(16)8-13-7(12)6-15(8)14-10(17)19-11(2,3)4/h6H,5H2,1-4H3,(H,14,17). The Hall–Kier alpha value is -1.76. The third-order valence-electron chi connectivity index (χ3n) is 1.75. The highest BCUT2D eigenvalue weighted by Gasteiger charge is 2.21. The Morgan fingerprint density at radius 3 is 2.63 bits per heavy atom. The molecule has 1 aromatic rings. The van der Waals surface area contributed by atoms with Gasteiger partial charge in [0.15, 0.2) is 0 Å². The lowest BCUT2D eigenvalue weighted by atomic mass is 10.2. The van der Waals surface area contributed by atoms with Crippen molar-refractivity contribution in [1.82, 2.24) is 9.66 Å². The van der Waals surface area contributed by atoms with Gasteiger partial charge in [0.25, 0.3) is 0 Å². The van der Waals surface area contributed by atoms with Gasteiger partial charge in [0.1, 0.15) is 10.8 Å². The first-order chi connectivity index (χ1) is 8.73. The van der Waals surface area contributed by atoms with Crippen molar-refractivity contribution in [2.75, 3.05) is 12.0 Å². The zero-order chi connectivity index (χ0) is 14.6. The topological polar surface area (TPSA) is 82.5 Å². The van der Waals surface area contributed by atoms with Crippen LogP contribution in [0.4, 0.5) is 4.79 Å². The first-order valence-corrected chi connectivity index (χ1v) is 6.02. The van der Waals surface area contributed by atoms with E-state index in [-0.39, 0.29) is 17.6 Å². The Morgan fingerprint density at radius 1 is 1.47 bits per heavy atom. The molecule has 0 radical (unpaired) electrons. The molecule has 0 saturated heterocycles. The maximum absolute atomic E-state index is 11.6. The summed E-state index contributed by atoms with van der Waals surface area (Å²) in [6.07, 6.45) is 0.546. The highest BCUT2D eigenvalue weighted by Crippen LogP contribution is 2.11. The molecule has 0 fully saturated rings. The minimum Gasteiger partial charge on any atom is -0.460 e. The summed E-state index contributed by atoms with van der Waals surface area (Å²) >= 11 is 5.69. The second-order valence-corrected chi connectivity index (χ2v) is 4.98. The van der Waals surface area contributed by atoms with E-state index < -0.39 is 17.7 Å². The molecule has 8 heteroatoms. The predicted octanol–water partition coefficient (Wildman–Crippen LogP) is 2.19. The average Bonchev–Trinajstić information content (AvgIpc) is 2.56. The number of hydrogen-bond acceptors (Lipinski definition) is 5. The summed E-state index contributed by atoms with van der Waals surface area (Å²) in [5.74, 6) is -0.817. The Bertz CT molecular complexity index is 479. The third-order valence-corrected chi connectivity index (χ3v) is 1.93. The van der Waals surface area contributed by atoms with Crippen LogP contribution < -0.4 is 5.43 Å². The fourth-order valence-electron chi connectivity index (χ4n) is 1.18. The monoisotopic (exact) mass is 289 g/mol. The van der Waals surface area contributed by atoms with Crippen LogP contribution in [0.2, 0.25) is 5.15 Å². The van der Waals surface area contributed by atoms with Crippen LogP contribution in [0.3, 0.4) is 0 Å². The molecule has 0 atom stereocenters. The molecule has 7 nitrogen and oxygen atoms in total. The fourth-order valence-corrected chi connectivity index (χ4v) is 1.35. The Morgan fingerprint density at radius 2 is 2.11 bits per heavy atom. The van der Waals surface area contributed by atoms with Crippen LogP contribution in [0.25, 0.3) is 0 Å². The first-order valence-electron chi connectivity index (χ1n) is 5.65. The molecule has 0 aliphatic heterocycles. The van der Waals surface area contributed by atoms with Gasteiger partial charge in [-0.25, -0.2) is 24.7 Å². The van der Waals surface area contributed by atoms with Crippen LogP contribution in [0.1, 0.15) is 38.3 Å². The highest BCUT2D eigenvalue weighted by atomic mass is 35.5. The van der Waals surface area contributed by atoms with Crippen molar-refractivity contribution < 1.29 is 19.1 Å². The van der Waals surface area contributed by atoms with Gasteiger partial charge in [0.2, 0.25) is 5.82 Å². The van der Waals surface area contributed by atoms with Crippen LogP contribution in [-0.4, -0.2) is 33.9 Å². The van der Waals surface area contributed by atoms with Gasteiger partial charge in [-0.15, -0.1) is 0 Å².